The fraction of sp³-hybridized carbons (Fsp3) is 0.562. The molecular formula is C16H23N3O2. The molecule has 0 saturated carbocycles. The van der Waals surface area contributed by atoms with Gasteiger partial charge >= 0.3 is 6.03 Å². The maximum Gasteiger partial charge on any atom is 0.315 e. The summed E-state index contributed by atoms with van der Waals surface area (Å²) in [4.78, 5) is 14.2. The molecule has 0 aliphatic carbocycles. The van der Waals surface area contributed by atoms with Crippen LogP contribution in [0.4, 0.5) is 10.5 Å². The number of amides is 2. The first-order chi connectivity index (χ1) is 10.3. The number of anilines is 1. The van der Waals surface area contributed by atoms with Crippen LogP contribution in [0.15, 0.2) is 30.3 Å². The number of carbonyl (C=O) groups is 1. The molecule has 5 heteroatoms. The summed E-state index contributed by atoms with van der Waals surface area (Å²) in [5.74, 6) is 0. The van der Waals surface area contributed by atoms with Crippen LogP contribution in [0.2, 0.25) is 0 Å². The van der Waals surface area contributed by atoms with Crippen LogP contribution in [0.5, 0.6) is 0 Å². The van der Waals surface area contributed by atoms with E-state index in [0.29, 0.717) is 6.54 Å². The monoisotopic (exact) mass is 289 g/mol. The number of para-hydroxylation sites is 1. The molecule has 2 atom stereocenters. The molecule has 0 unspecified atom stereocenters. The Balaban J connectivity index is 1.41. The van der Waals surface area contributed by atoms with Crippen LogP contribution in [0.3, 0.4) is 0 Å². The van der Waals surface area contributed by atoms with Crippen LogP contribution in [-0.2, 0) is 4.74 Å². The summed E-state index contributed by atoms with van der Waals surface area (Å²) < 4.78 is 5.50. The molecule has 1 aromatic carbocycles. The third-order valence-electron chi connectivity index (χ3n) is 4.16. The van der Waals surface area contributed by atoms with Crippen molar-refractivity contribution in [3.8, 4) is 0 Å². The van der Waals surface area contributed by atoms with E-state index < -0.39 is 0 Å². The van der Waals surface area contributed by atoms with Crippen molar-refractivity contribution < 1.29 is 9.53 Å². The van der Waals surface area contributed by atoms with Crippen molar-refractivity contribution in [3.05, 3.63) is 30.3 Å². The van der Waals surface area contributed by atoms with Gasteiger partial charge in [0.25, 0.3) is 0 Å². The van der Waals surface area contributed by atoms with E-state index in [9.17, 15) is 4.79 Å². The number of hydrogen-bond donors (Lipinski definition) is 2. The van der Waals surface area contributed by atoms with Crippen molar-refractivity contribution in [2.45, 2.75) is 31.4 Å². The topological polar surface area (TPSA) is 53.6 Å². The molecule has 5 nitrogen and oxygen atoms in total. The van der Waals surface area contributed by atoms with Gasteiger partial charge in [-0.1, -0.05) is 18.2 Å². The highest BCUT2D eigenvalue weighted by Gasteiger charge is 2.24. The standard InChI is InChI=1S/C16H23N3O2/c20-16(17-11-15-7-4-10-21-15)18-13-8-9-19(12-13)14-5-2-1-3-6-14/h1-3,5-6,13,15H,4,7-12H2,(H2,17,18,20)/t13-,15+/m1/s1. The van der Waals surface area contributed by atoms with Gasteiger partial charge in [-0.15, -0.1) is 0 Å². The minimum absolute atomic E-state index is 0.0783. The Hall–Kier alpha value is -1.75. The highest BCUT2D eigenvalue weighted by Crippen LogP contribution is 2.19. The van der Waals surface area contributed by atoms with Crippen molar-refractivity contribution in [2.75, 3.05) is 31.1 Å². The van der Waals surface area contributed by atoms with E-state index in [1.54, 1.807) is 0 Å². The zero-order valence-corrected chi connectivity index (χ0v) is 12.3. The first-order valence-electron chi connectivity index (χ1n) is 7.77. The van der Waals surface area contributed by atoms with Gasteiger partial charge < -0.3 is 20.3 Å². The molecular weight excluding hydrogens is 266 g/mol. The normalized spacial score (nSPS) is 25.0. The zero-order chi connectivity index (χ0) is 14.5. The second kappa shape index (κ2) is 6.80. The van der Waals surface area contributed by atoms with Crippen LogP contribution >= 0.6 is 0 Å². The minimum Gasteiger partial charge on any atom is -0.376 e. The predicted molar refractivity (Wildman–Crippen MR) is 82.6 cm³/mol. The Morgan fingerprint density at radius 1 is 1.29 bits per heavy atom. The number of rotatable bonds is 4. The third-order valence-corrected chi connectivity index (χ3v) is 4.16. The van der Waals surface area contributed by atoms with Crippen molar-refractivity contribution in [1.82, 2.24) is 10.6 Å². The van der Waals surface area contributed by atoms with Gasteiger partial charge in [-0.05, 0) is 31.4 Å². The van der Waals surface area contributed by atoms with Crippen LogP contribution in [0.1, 0.15) is 19.3 Å². The summed E-state index contributed by atoms with van der Waals surface area (Å²) in [6.07, 6.45) is 3.33. The van der Waals surface area contributed by atoms with E-state index in [1.165, 1.54) is 5.69 Å². The van der Waals surface area contributed by atoms with E-state index in [2.05, 4.69) is 27.7 Å². The molecule has 1 aromatic rings. The molecule has 21 heavy (non-hydrogen) atoms. The molecule has 0 radical (unpaired) electrons. The Morgan fingerprint density at radius 2 is 2.14 bits per heavy atom. The molecule has 2 fully saturated rings. The molecule has 2 amide bonds. The lowest BCUT2D eigenvalue weighted by Crippen LogP contribution is -2.45. The number of benzene rings is 1. The number of ether oxygens (including phenoxy) is 1. The largest absolute Gasteiger partial charge is 0.376 e. The van der Waals surface area contributed by atoms with Crippen LogP contribution in [0.25, 0.3) is 0 Å². The van der Waals surface area contributed by atoms with Crippen LogP contribution in [-0.4, -0.2) is 44.4 Å². The summed E-state index contributed by atoms with van der Waals surface area (Å²) in [5.41, 5.74) is 1.22. The average molecular weight is 289 g/mol. The quantitative estimate of drug-likeness (QED) is 0.888. The molecule has 3 rings (SSSR count). The zero-order valence-electron chi connectivity index (χ0n) is 12.3. The molecule has 2 saturated heterocycles. The molecule has 0 bridgehead atoms. The SMILES string of the molecule is O=C(NC[C@@H]1CCCO1)N[C@@H]1CCN(c2ccccc2)C1. The molecule has 2 heterocycles. The predicted octanol–water partition coefficient (Wildman–Crippen LogP) is 1.74. The van der Waals surface area contributed by atoms with Gasteiger partial charge in [0, 0.05) is 38.0 Å². The molecule has 114 valence electrons. The third kappa shape index (κ3) is 3.88. The number of nitrogens with zero attached hydrogens (tertiary/aromatic N) is 1. The van der Waals surface area contributed by atoms with Gasteiger partial charge in [-0.2, -0.15) is 0 Å². The number of hydrogen-bond acceptors (Lipinski definition) is 3. The van der Waals surface area contributed by atoms with Gasteiger partial charge in [0.1, 0.15) is 0 Å². The highest BCUT2D eigenvalue weighted by molar-refractivity contribution is 5.74. The maximum absolute atomic E-state index is 11.9. The van der Waals surface area contributed by atoms with Crippen LogP contribution < -0.4 is 15.5 Å². The van der Waals surface area contributed by atoms with E-state index >= 15 is 0 Å². The van der Waals surface area contributed by atoms with Gasteiger partial charge in [-0.3, -0.25) is 0 Å². The number of nitrogens with one attached hydrogen (secondary N) is 2. The minimum atomic E-state index is -0.0783. The molecule has 2 aliphatic rings. The average Bonchev–Trinajstić information content (AvgIpc) is 3.17. The number of urea groups is 1. The molecule has 0 aromatic heterocycles. The smallest absolute Gasteiger partial charge is 0.315 e. The lowest BCUT2D eigenvalue weighted by atomic mass is 10.2. The van der Waals surface area contributed by atoms with Crippen molar-refractivity contribution in [1.29, 1.82) is 0 Å². The number of carbonyl (C=O) groups excluding carboxylic acids is 1. The second-order valence-electron chi connectivity index (χ2n) is 5.76. The Labute approximate surface area is 125 Å². The summed E-state index contributed by atoms with van der Waals surface area (Å²) in [7, 11) is 0. The van der Waals surface area contributed by atoms with E-state index in [0.717, 1.165) is 39.0 Å². The van der Waals surface area contributed by atoms with E-state index in [4.69, 9.17) is 4.74 Å². The Bertz CT molecular complexity index is 460. The summed E-state index contributed by atoms with van der Waals surface area (Å²) >= 11 is 0. The van der Waals surface area contributed by atoms with Gasteiger partial charge in [0.15, 0.2) is 0 Å². The maximum atomic E-state index is 11.9. The highest BCUT2D eigenvalue weighted by atomic mass is 16.5. The van der Waals surface area contributed by atoms with Gasteiger partial charge in [0.05, 0.1) is 6.10 Å². The lowest BCUT2D eigenvalue weighted by Gasteiger charge is -2.19. The van der Waals surface area contributed by atoms with Gasteiger partial charge in [0.2, 0.25) is 0 Å². The first-order valence-corrected chi connectivity index (χ1v) is 7.77. The fourth-order valence-corrected chi connectivity index (χ4v) is 3.00. The molecule has 0 spiro atoms. The van der Waals surface area contributed by atoms with Crippen molar-refractivity contribution in [2.24, 2.45) is 0 Å². The Kier molecular flexibility index (Phi) is 4.60. The molecule has 2 N–H and O–H groups in total. The summed E-state index contributed by atoms with van der Waals surface area (Å²) in [5, 5.41) is 5.97. The lowest BCUT2D eigenvalue weighted by molar-refractivity contribution is 0.111. The van der Waals surface area contributed by atoms with E-state index in [1.807, 2.05) is 18.2 Å². The summed E-state index contributed by atoms with van der Waals surface area (Å²) in [6.45, 7) is 3.29. The van der Waals surface area contributed by atoms with Crippen LogP contribution in [0, 0.1) is 0 Å². The van der Waals surface area contributed by atoms with Crippen molar-refractivity contribution >= 4 is 11.7 Å². The first kappa shape index (κ1) is 14.2. The summed E-state index contributed by atoms with van der Waals surface area (Å²) in [6, 6.07) is 10.5. The molecule has 2 aliphatic heterocycles. The van der Waals surface area contributed by atoms with Gasteiger partial charge in [-0.25, -0.2) is 4.79 Å². The second-order valence-corrected chi connectivity index (χ2v) is 5.76. The fourth-order valence-electron chi connectivity index (χ4n) is 3.00. The van der Waals surface area contributed by atoms with E-state index in [-0.39, 0.29) is 18.2 Å². The van der Waals surface area contributed by atoms with Crippen molar-refractivity contribution in [3.63, 3.8) is 0 Å². The Morgan fingerprint density at radius 3 is 2.90 bits per heavy atom.